The third-order valence-electron chi connectivity index (χ3n) is 6.94. The van der Waals surface area contributed by atoms with Crippen LogP contribution in [0.2, 0.25) is 0 Å². The summed E-state index contributed by atoms with van der Waals surface area (Å²) < 4.78 is 5.58. The molecule has 1 atom stereocenters. The van der Waals surface area contributed by atoms with Gasteiger partial charge in [-0.2, -0.15) is 0 Å². The first-order valence-corrected chi connectivity index (χ1v) is 12.8. The second kappa shape index (κ2) is 9.18. The lowest BCUT2D eigenvalue weighted by molar-refractivity contribution is 0.312. The van der Waals surface area contributed by atoms with Crippen LogP contribution in [0.4, 0.5) is 0 Å². The number of para-hydroxylation sites is 1. The first-order valence-electron chi connectivity index (χ1n) is 12.0. The average molecular weight is 512 g/mol. The molecule has 5 nitrogen and oxygen atoms in total. The Morgan fingerprint density at radius 1 is 0.824 bits per heavy atom. The standard InChI is InChI=1S/C28H26BrN5/c29-23-17-15-21(16-18-23)27(28-30-31-32-34(28)24-12-5-2-6-13-24)33-25-14-8-7-11-22(25)19-26(33)20-9-3-1-4-10-20/h1,3-4,7-11,14-19,24,27H,2,5-6,12-13H2. The van der Waals surface area contributed by atoms with E-state index in [1.807, 2.05) is 0 Å². The van der Waals surface area contributed by atoms with Gasteiger partial charge in [0, 0.05) is 15.4 Å². The van der Waals surface area contributed by atoms with Crippen molar-refractivity contribution in [2.45, 2.75) is 44.2 Å². The normalized spacial score (nSPS) is 15.6. The van der Waals surface area contributed by atoms with E-state index in [-0.39, 0.29) is 6.04 Å². The van der Waals surface area contributed by atoms with E-state index in [4.69, 9.17) is 0 Å². The van der Waals surface area contributed by atoms with Crippen molar-refractivity contribution < 1.29 is 0 Å². The van der Waals surface area contributed by atoms with Gasteiger partial charge in [0.25, 0.3) is 0 Å². The van der Waals surface area contributed by atoms with Gasteiger partial charge in [0.2, 0.25) is 0 Å². The molecule has 1 aliphatic carbocycles. The van der Waals surface area contributed by atoms with Gasteiger partial charge in [0.1, 0.15) is 6.04 Å². The topological polar surface area (TPSA) is 48.5 Å². The van der Waals surface area contributed by atoms with Gasteiger partial charge >= 0.3 is 0 Å². The number of fused-ring (bicyclic) bond motifs is 1. The molecular weight excluding hydrogens is 486 g/mol. The molecule has 0 spiro atoms. The Hall–Kier alpha value is -3.25. The molecule has 1 saturated carbocycles. The molecule has 34 heavy (non-hydrogen) atoms. The van der Waals surface area contributed by atoms with Crippen molar-refractivity contribution in [3.05, 3.63) is 101 Å². The molecule has 2 heterocycles. The van der Waals surface area contributed by atoms with Crippen LogP contribution in [0.3, 0.4) is 0 Å². The Balaban J connectivity index is 1.62. The predicted octanol–water partition coefficient (Wildman–Crippen LogP) is 7.20. The molecule has 0 radical (unpaired) electrons. The van der Waals surface area contributed by atoms with Crippen molar-refractivity contribution in [1.82, 2.24) is 24.8 Å². The fraction of sp³-hybridized carbons (Fsp3) is 0.250. The van der Waals surface area contributed by atoms with Crippen molar-refractivity contribution in [3.63, 3.8) is 0 Å². The molecule has 1 fully saturated rings. The van der Waals surface area contributed by atoms with Crippen molar-refractivity contribution in [2.75, 3.05) is 0 Å². The van der Waals surface area contributed by atoms with E-state index in [1.165, 1.54) is 35.7 Å². The number of benzene rings is 3. The van der Waals surface area contributed by atoms with Crippen LogP contribution < -0.4 is 0 Å². The lowest BCUT2D eigenvalue weighted by atomic mass is 9.95. The van der Waals surface area contributed by atoms with E-state index < -0.39 is 0 Å². The quantitative estimate of drug-likeness (QED) is 0.250. The highest BCUT2D eigenvalue weighted by molar-refractivity contribution is 9.10. The maximum absolute atomic E-state index is 4.66. The molecule has 0 aliphatic heterocycles. The Morgan fingerprint density at radius 2 is 1.56 bits per heavy atom. The average Bonchev–Trinajstić information content (AvgIpc) is 3.52. The maximum atomic E-state index is 4.66. The van der Waals surface area contributed by atoms with Gasteiger partial charge in [-0.1, -0.05) is 95.9 Å². The van der Waals surface area contributed by atoms with Crippen LogP contribution in [0.15, 0.2) is 89.4 Å². The summed E-state index contributed by atoms with van der Waals surface area (Å²) in [6.07, 6.45) is 6.01. The van der Waals surface area contributed by atoms with Crippen molar-refractivity contribution in [1.29, 1.82) is 0 Å². The summed E-state index contributed by atoms with van der Waals surface area (Å²) in [4.78, 5) is 0. The molecule has 3 aromatic carbocycles. The van der Waals surface area contributed by atoms with E-state index in [2.05, 4.69) is 126 Å². The molecule has 5 aromatic rings. The molecule has 0 saturated heterocycles. The zero-order chi connectivity index (χ0) is 22.9. The van der Waals surface area contributed by atoms with E-state index in [0.29, 0.717) is 6.04 Å². The van der Waals surface area contributed by atoms with Gasteiger partial charge in [-0.25, -0.2) is 4.68 Å². The van der Waals surface area contributed by atoms with Crippen LogP contribution in [0.1, 0.15) is 55.6 Å². The molecule has 2 aromatic heterocycles. The van der Waals surface area contributed by atoms with E-state index >= 15 is 0 Å². The number of tetrazole rings is 1. The lowest BCUT2D eigenvalue weighted by Crippen LogP contribution is -2.23. The SMILES string of the molecule is Brc1ccc(C(c2nnnn2C2CCCCC2)n2c(-c3ccccc3)cc3ccccc32)cc1. The van der Waals surface area contributed by atoms with Crippen LogP contribution in [-0.2, 0) is 0 Å². The zero-order valence-corrected chi connectivity index (χ0v) is 20.5. The highest BCUT2D eigenvalue weighted by Crippen LogP contribution is 2.38. The molecule has 6 rings (SSSR count). The second-order valence-corrected chi connectivity index (χ2v) is 9.97. The monoisotopic (exact) mass is 511 g/mol. The van der Waals surface area contributed by atoms with E-state index in [0.717, 1.165) is 34.4 Å². The smallest absolute Gasteiger partial charge is 0.179 e. The number of halogens is 1. The fourth-order valence-electron chi connectivity index (χ4n) is 5.31. The first-order chi connectivity index (χ1) is 16.8. The first kappa shape index (κ1) is 21.3. The number of aromatic nitrogens is 5. The van der Waals surface area contributed by atoms with Gasteiger partial charge in [-0.15, -0.1) is 5.10 Å². The predicted molar refractivity (Wildman–Crippen MR) is 139 cm³/mol. The van der Waals surface area contributed by atoms with E-state index in [1.54, 1.807) is 0 Å². The summed E-state index contributed by atoms with van der Waals surface area (Å²) in [7, 11) is 0. The number of hydrogen-bond donors (Lipinski definition) is 0. The summed E-state index contributed by atoms with van der Waals surface area (Å²) in [5.41, 5.74) is 4.67. The van der Waals surface area contributed by atoms with Crippen molar-refractivity contribution in [3.8, 4) is 11.3 Å². The van der Waals surface area contributed by atoms with Gasteiger partial charge in [-0.05, 0) is 58.7 Å². The molecular formula is C28H26BrN5. The highest BCUT2D eigenvalue weighted by atomic mass is 79.9. The summed E-state index contributed by atoms with van der Waals surface area (Å²) in [6.45, 7) is 0. The second-order valence-electron chi connectivity index (χ2n) is 9.05. The molecule has 1 aliphatic rings. The van der Waals surface area contributed by atoms with Gasteiger partial charge < -0.3 is 4.57 Å². The maximum Gasteiger partial charge on any atom is 0.179 e. The summed E-state index contributed by atoms with van der Waals surface area (Å²) in [5.74, 6) is 0.896. The largest absolute Gasteiger partial charge is 0.325 e. The van der Waals surface area contributed by atoms with Crippen LogP contribution in [0, 0.1) is 0 Å². The minimum absolute atomic E-state index is 0.153. The van der Waals surface area contributed by atoms with Crippen LogP contribution in [-0.4, -0.2) is 24.8 Å². The molecule has 0 N–H and O–H groups in total. The number of nitrogens with zero attached hydrogens (tertiary/aromatic N) is 5. The number of rotatable bonds is 5. The summed E-state index contributed by atoms with van der Waals surface area (Å²) >= 11 is 3.61. The van der Waals surface area contributed by atoms with Crippen LogP contribution in [0.5, 0.6) is 0 Å². The minimum Gasteiger partial charge on any atom is -0.325 e. The molecule has 0 amide bonds. The van der Waals surface area contributed by atoms with Gasteiger partial charge in [0.05, 0.1) is 11.7 Å². The third kappa shape index (κ3) is 3.86. The van der Waals surface area contributed by atoms with Gasteiger partial charge in [0.15, 0.2) is 5.82 Å². The molecule has 1 unspecified atom stereocenters. The van der Waals surface area contributed by atoms with E-state index in [9.17, 15) is 0 Å². The highest BCUT2D eigenvalue weighted by Gasteiger charge is 2.30. The van der Waals surface area contributed by atoms with Crippen molar-refractivity contribution >= 4 is 26.8 Å². The van der Waals surface area contributed by atoms with Crippen LogP contribution in [0.25, 0.3) is 22.2 Å². The Bertz CT molecular complexity index is 1400. The summed E-state index contributed by atoms with van der Waals surface area (Å²) in [6, 6.07) is 30.2. The third-order valence-corrected chi connectivity index (χ3v) is 7.47. The van der Waals surface area contributed by atoms with Crippen molar-refractivity contribution in [2.24, 2.45) is 0 Å². The van der Waals surface area contributed by atoms with Crippen LogP contribution >= 0.6 is 15.9 Å². The fourth-order valence-corrected chi connectivity index (χ4v) is 5.57. The van der Waals surface area contributed by atoms with Gasteiger partial charge in [-0.3, -0.25) is 0 Å². The molecule has 6 heteroatoms. The molecule has 0 bridgehead atoms. The zero-order valence-electron chi connectivity index (χ0n) is 18.9. The number of hydrogen-bond acceptors (Lipinski definition) is 3. The Kier molecular flexibility index (Phi) is 5.75. The lowest BCUT2D eigenvalue weighted by Gasteiger charge is -2.27. The minimum atomic E-state index is -0.153. The Morgan fingerprint density at radius 3 is 2.35 bits per heavy atom. The molecule has 170 valence electrons. The summed E-state index contributed by atoms with van der Waals surface area (Å²) in [5, 5.41) is 14.6. The Labute approximate surface area is 207 Å².